The van der Waals surface area contributed by atoms with Crippen molar-refractivity contribution in [1.29, 1.82) is 0 Å². The Kier molecular flexibility index (Phi) is 2.53. The monoisotopic (exact) mass is 512 g/mol. The quantitative estimate of drug-likeness (QED) is 0.215. The van der Waals surface area contributed by atoms with E-state index in [4.69, 9.17) is 23.6 Å². The Morgan fingerprint density at radius 1 is 0.359 bits per heavy atom. The summed E-state index contributed by atoms with van der Waals surface area (Å²) in [6.45, 7) is 0. The average Bonchev–Trinajstić information content (AvgIpc) is 3.54. The lowest BCUT2D eigenvalue weighted by molar-refractivity contribution is 0.669. The van der Waals surface area contributed by atoms with E-state index in [1.807, 2.05) is 0 Å². The fourth-order valence-corrected chi connectivity index (χ4v) is 5.04. The summed E-state index contributed by atoms with van der Waals surface area (Å²) >= 11 is 0. The van der Waals surface area contributed by atoms with E-state index in [1.165, 1.54) is 48.5 Å². The lowest BCUT2D eigenvalue weighted by Crippen LogP contribution is -1.91. The van der Waals surface area contributed by atoms with E-state index in [0.29, 0.717) is 5.56 Å². The number of hydrogen-bond donors (Lipinski definition) is 0. The van der Waals surface area contributed by atoms with Gasteiger partial charge >= 0.3 is 0 Å². The molecule has 0 unspecified atom stereocenters. The molecule has 39 heavy (non-hydrogen) atoms. The average molecular weight is 513 g/mol. The van der Waals surface area contributed by atoms with E-state index in [1.54, 1.807) is 0 Å². The van der Waals surface area contributed by atoms with E-state index in [0.717, 1.165) is 0 Å². The zero-order chi connectivity index (χ0) is 39.7. The topological polar surface area (TPSA) is 13.1 Å². The molecule has 182 valence electrons. The smallest absolute Gasteiger partial charge is 0.136 e. The van der Waals surface area contributed by atoms with Crippen molar-refractivity contribution in [3.8, 4) is 33.4 Å². The fourth-order valence-electron chi connectivity index (χ4n) is 5.04. The van der Waals surface area contributed by atoms with Crippen LogP contribution in [0.25, 0.3) is 76.9 Å². The Morgan fingerprint density at radius 3 is 1.59 bits per heavy atom. The summed E-state index contributed by atoms with van der Waals surface area (Å²) in [7, 11) is 0. The van der Waals surface area contributed by atoms with Gasteiger partial charge in [-0.3, -0.25) is 0 Å². The maximum atomic E-state index is 9.39. The molecule has 0 radical (unpaired) electrons. The summed E-state index contributed by atoms with van der Waals surface area (Å²) in [5, 5.41) is 0.622. The zero-order valence-electron chi connectivity index (χ0n) is 36.0. The normalized spacial score (nSPS) is 17.3. The second kappa shape index (κ2) is 8.72. The van der Waals surface area contributed by atoms with Gasteiger partial charge in [0.05, 0.1) is 21.9 Å². The van der Waals surface area contributed by atoms with Crippen molar-refractivity contribution >= 4 is 43.5 Å². The molecular formula is C38H24O. The largest absolute Gasteiger partial charge is 0.456 e. The van der Waals surface area contributed by atoms with Gasteiger partial charge in [0.2, 0.25) is 0 Å². The summed E-state index contributed by atoms with van der Waals surface area (Å²) in [5.74, 6) is 0. The van der Waals surface area contributed by atoms with Crippen molar-refractivity contribution in [2.45, 2.75) is 0 Å². The first-order valence-corrected chi connectivity index (χ1v) is 12.0. The van der Waals surface area contributed by atoms with Crippen LogP contribution in [0.3, 0.4) is 0 Å². The van der Waals surface area contributed by atoms with Gasteiger partial charge in [0.15, 0.2) is 0 Å². The third-order valence-electron chi connectivity index (χ3n) is 6.75. The number of fused-ring (bicyclic) bond motifs is 5. The summed E-state index contributed by atoms with van der Waals surface area (Å²) in [6, 6.07) is 5.23. The molecule has 0 aliphatic carbocycles. The second-order valence-electron chi connectivity index (χ2n) is 8.89. The third kappa shape index (κ3) is 3.48. The summed E-state index contributed by atoms with van der Waals surface area (Å²) in [4.78, 5) is 0. The molecule has 0 saturated heterocycles. The minimum atomic E-state index is -0.579. The summed E-state index contributed by atoms with van der Waals surface area (Å²) in [6.07, 6.45) is 0. The van der Waals surface area contributed by atoms with Crippen LogP contribution in [0.1, 0.15) is 21.9 Å². The number of rotatable bonds is 3. The molecule has 1 heterocycles. The Morgan fingerprint density at radius 2 is 0.923 bits per heavy atom. The molecule has 0 saturated carbocycles. The fraction of sp³-hybridized carbons (Fsp3) is 0. The minimum absolute atomic E-state index is 0.0939. The molecule has 8 aromatic rings. The van der Waals surface area contributed by atoms with Crippen molar-refractivity contribution in [1.82, 2.24) is 0 Å². The van der Waals surface area contributed by atoms with Gasteiger partial charge in [-0.05, 0) is 73.1 Å². The lowest BCUT2D eigenvalue weighted by atomic mass is 9.85. The van der Waals surface area contributed by atoms with Crippen LogP contribution in [0.15, 0.2) is 150 Å². The molecule has 1 aromatic heterocycles. The van der Waals surface area contributed by atoms with Crippen LogP contribution in [0, 0.1) is 0 Å². The molecule has 0 fully saturated rings. The number of hydrogen-bond acceptors (Lipinski definition) is 1. The van der Waals surface area contributed by atoms with E-state index < -0.39 is 42.3 Å². The van der Waals surface area contributed by atoms with Crippen LogP contribution in [-0.4, -0.2) is 0 Å². The Hall–Kier alpha value is -5.14. The number of para-hydroxylation sites is 1. The molecular weight excluding hydrogens is 472 g/mol. The highest BCUT2D eigenvalue weighted by Crippen LogP contribution is 2.44. The molecule has 0 aliphatic rings. The molecule has 0 amide bonds. The van der Waals surface area contributed by atoms with Crippen molar-refractivity contribution < 1.29 is 26.3 Å². The minimum Gasteiger partial charge on any atom is -0.456 e. The molecule has 1 nitrogen and oxygen atoms in total. The van der Waals surface area contributed by atoms with E-state index in [2.05, 4.69) is 0 Å². The maximum Gasteiger partial charge on any atom is 0.136 e. The van der Waals surface area contributed by atoms with Gasteiger partial charge < -0.3 is 4.42 Å². The van der Waals surface area contributed by atoms with Crippen molar-refractivity contribution in [2.75, 3.05) is 0 Å². The first-order chi connectivity index (χ1) is 25.9. The van der Waals surface area contributed by atoms with Crippen LogP contribution < -0.4 is 0 Å². The third-order valence-corrected chi connectivity index (χ3v) is 6.75. The molecule has 8 rings (SSSR count). The van der Waals surface area contributed by atoms with Crippen molar-refractivity contribution in [3.63, 3.8) is 0 Å². The summed E-state index contributed by atoms with van der Waals surface area (Å²) in [5.41, 5.74) is 0.243. The lowest BCUT2D eigenvalue weighted by Gasteiger charge is -2.18. The second-order valence-corrected chi connectivity index (χ2v) is 8.89. The van der Waals surface area contributed by atoms with Gasteiger partial charge in [-0.2, -0.15) is 0 Å². The highest BCUT2D eigenvalue weighted by atomic mass is 16.3. The molecule has 0 N–H and O–H groups in total. The Bertz CT molecular complexity index is 2940. The van der Waals surface area contributed by atoms with Gasteiger partial charge in [-0.25, -0.2) is 0 Å². The van der Waals surface area contributed by atoms with Gasteiger partial charge in [0.25, 0.3) is 0 Å². The Balaban J connectivity index is 1.52. The molecule has 0 aliphatic heterocycles. The van der Waals surface area contributed by atoms with Crippen LogP contribution in [0.4, 0.5) is 0 Å². The van der Waals surface area contributed by atoms with Gasteiger partial charge in [0.1, 0.15) is 11.2 Å². The van der Waals surface area contributed by atoms with E-state index in [9.17, 15) is 2.74 Å². The zero-order valence-corrected chi connectivity index (χ0v) is 20.0. The molecule has 0 bridgehead atoms. The van der Waals surface area contributed by atoms with Gasteiger partial charge in [0, 0.05) is 10.8 Å². The van der Waals surface area contributed by atoms with Crippen LogP contribution in [-0.2, 0) is 0 Å². The van der Waals surface area contributed by atoms with Crippen molar-refractivity contribution in [3.05, 3.63) is 145 Å². The first kappa shape index (κ1) is 11.3. The maximum absolute atomic E-state index is 9.39. The predicted octanol–water partition coefficient (Wildman–Crippen LogP) is 10.9. The predicted molar refractivity (Wildman–Crippen MR) is 165 cm³/mol. The molecule has 7 aromatic carbocycles. The Labute approximate surface area is 249 Å². The van der Waals surface area contributed by atoms with Gasteiger partial charge in [-0.15, -0.1) is 0 Å². The molecule has 0 atom stereocenters. The van der Waals surface area contributed by atoms with E-state index in [-0.39, 0.29) is 126 Å². The number of benzene rings is 7. The van der Waals surface area contributed by atoms with Crippen LogP contribution in [0.5, 0.6) is 0 Å². The van der Waals surface area contributed by atoms with E-state index >= 15 is 0 Å². The van der Waals surface area contributed by atoms with Crippen LogP contribution >= 0.6 is 0 Å². The highest BCUT2D eigenvalue weighted by Gasteiger charge is 2.17. The first-order valence-electron chi connectivity index (χ1n) is 20.0. The highest BCUT2D eigenvalue weighted by molar-refractivity contribution is 6.22. The van der Waals surface area contributed by atoms with Gasteiger partial charge in [-0.1, -0.05) is 127 Å². The summed E-state index contributed by atoms with van der Waals surface area (Å²) < 4.78 is 143. The molecule has 0 spiro atoms. The van der Waals surface area contributed by atoms with Crippen LogP contribution in [0.2, 0.25) is 0 Å². The van der Waals surface area contributed by atoms with Crippen molar-refractivity contribution in [2.24, 2.45) is 0 Å². The molecule has 1 heteroatoms. The number of furan rings is 1. The standard InChI is InChI=1S/C38H24O/c1-2-10-25(11-3-1)26-18-20-27(21-19-26)37-31-13-4-6-15-33(31)38(34-16-7-5-14-32(34)37)28-22-23-30-29-12-8-9-17-35(29)39-36(30)24-28/h1-24H/i1D,2D,3D,4D,5D,6D,7D,8D,9D,12D,17D,18D,19D,22D,23D,24D. The SMILES string of the molecule is [2H]c1cc2c(-c3cc([2H])c(-c4cc([2H])c([2H])c([2H])c4)c([2H])c3)c3cc([2H])c([2H])cc3c(-c3c([2H])c([2H])c4c(oc5c([2H])c([2H])c([2H])c([2H])c54)c3[2H])c2cc1[2H].